The Balaban J connectivity index is 3.11. The topological polar surface area (TPSA) is 159 Å². The average molecular weight is 444 g/mol. The summed E-state index contributed by atoms with van der Waals surface area (Å²) in [6.07, 6.45) is 0.423. The molecule has 0 aromatic rings. The molecule has 1 aliphatic rings. The smallest absolute Gasteiger partial charge is 0.317 e. The highest BCUT2D eigenvalue weighted by molar-refractivity contribution is 5.93. The van der Waals surface area contributed by atoms with Crippen LogP contribution in [0.4, 0.5) is 0 Å². The first-order valence-electron chi connectivity index (χ1n) is 10.2. The number of carbonyl (C=O) groups is 5. The molecule has 3 N–H and O–H groups in total. The maximum absolute atomic E-state index is 12.1. The lowest BCUT2D eigenvalue weighted by Crippen LogP contribution is -2.49. The maximum Gasteiger partial charge on any atom is 0.317 e. The largest absolute Gasteiger partial charge is 0.480 e. The Morgan fingerprint density at radius 1 is 0.839 bits per heavy atom. The Labute approximate surface area is 181 Å². The number of carboxylic acid groups (broad SMARTS) is 3. The van der Waals surface area contributed by atoms with Crippen molar-refractivity contribution in [2.45, 2.75) is 32.7 Å². The van der Waals surface area contributed by atoms with E-state index in [9.17, 15) is 34.2 Å². The fourth-order valence-electron chi connectivity index (χ4n) is 3.62. The minimum absolute atomic E-state index is 0.0859. The second-order valence-corrected chi connectivity index (χ2v) is 7.52. The number of nitrogens with zero attached hydrogens (tertiary/aromatic N) is 4. The van der Waals surface area contributed by atoms with Crippen molar-refractivity contribution >= 4 is 29.7 Å². The second kappa shape index (κ2) is 13.0. The number of carbonyl (C=O) groups excluding carboxylic acids is 2. The monoisotopic (exact) mass is 444 g/mol. The summed E-state index contributed by atoms with van der Waals surface area (Å²) in [5.74, 6) is -3.91. The number of hydrogen-bond acceptors (Lipinski definition) is 8. The summed E-state index contributed by atoms with van der Waals surface area (Å²) in [5.41, 5.74) is 0. The summed E-state index contributed by atoms with van der Waals surface area (Å²) in [6.45, 7) is 3.53. The van der Waals surface area contributed by atoms with Crippen LogP contribution in [0, 0.1) is 0 Å². The van der Waals surface area contributed by atoms with Gasteiger partial charge >= 0.3 is 17.9 Å². The molecule has 0 saturated carbocycles. The summed E-state index contributed by atoms with van der Waals surface area (Å²) < 4.78 is 0. The van der Waals surface area contributed by atoms with E-state index in [-0.39, 0.29) is 58.0 Å². The molecule has 0 spiro atoms. The third-order valence-electron chi connectivity index (χ3n) is 5.15. The lowest BCUT2D eigenvalue weighted by atomic mass is 10.1. The van der Waals surface area contributed by atoms with Gasteiger partial charge < -0.3 is 15.3 Å². The van der Waals surface area contributed by atoms with Crippen LogP contribution in [-0.4, -0.2) is 130 Å². The summed E-state index contributed by atoms with van der Waals surface area (Å²) in [7, 11) is 0. The van der Waals surface area contributed by atoms with Gasteiger partial charge in [-0.25, -0.2) is 0 Å². The molecule has 2 amide bonds. The van der Waals surface area contributed by atoms with Crippen molar-refractivity contribution in [1.29, 1.82) is 0 Å². The van der Waals surface area contributed by atoms with Crippen LogP contribution in [0.25, 0.3) is 0 Å². The molecule has 1 fully saturated rings. The highest BCUT2D eigenvalue weighted by Crippen LogP contribution is 2.12. The van der Waals surface area contributed by atoms with Gasteiger partial charge in [-0.1, -0.05) is 6.92 Å². The molecule has 12 heteroatoms. The van der Waals surface area contributed by atoms with Crippen LogP contribution in [0.15, 0.2) is 0 Å². The predicted molar refractivity (Wildman–Crippen MR) is 108 cm³/mol. The van der Waals surface area contributed by atoms with Crippen LogP contribution in [0.3, 0.4) is 0 Å². The SMILES string of the molecule is CCC(=O)N(CCC1CN(CC(=O)O)CCN(CC(=O)O)CCN1CC(=O)O)C(C)=O. The summed E-state index contributed by atoms with van der Waals surface area (Å²) in [6, 6.07) is -0.438. The van der Waals surface area contributed by atoms with Crippen molar-refractivity contribution in [1.82, 2.24) is 19.6 Å². The van der Waals surface area contributed by atoms with Gasteiger partial charge in [0, 0.05) is 58.7 Å². The van der Waals surface area contributed by atoms with Crippen molar-refractivity contribution in [3.8, 4) is 0 Å². The third kappa shape index (κ3) is 9.85. The Morgan fingerprint density at radius 3 is 1.87 bits per heavy atom. The minimum atomic E-state index is -1.08. The first kappa shape index (κ1) is 26.5. The Hall–Kier alpha value is -2.57. The molecular weight excluding hydrogens is 412 g/mol. The third-order valence-corrected chi connectivity index (χ3v) is 5.15. The van der Waals surface area contributed by atoms with Crippen LogP contribution >= 0.6 is 0 Å². The van der Waals surface area contributed by atoms with Crippen molar-refractivity contribution in [2.24, 2.45) is 0 Å². The highest BCUT2D eigenvalue weighted by Gasteiger charge is 2.29. The molecule has 0 bridgehead atoms. The Morgan fingerprint density at radius 2 is 1.35 bits per heavy atom. The van der Waals surface area contributed by atoms with Crippen LogP contribution in [0.1, 0.15) is 26.7 Å². The van der Waals surface area contributed by atoms with Gasteiger partial charge in [-0.15, -0.1) is 0 Å². The molecule has 0 aromatic carbocycles. The van der Waals surface area contributed by atoms with E-state index in [1.165, 1.54) is 6.92 Å². The molecule has 1 heterocycles. The molecule has 1 aliphatic heterocycles. The summed E-state index contributed by atoms with van der Waals surface area (Å²) in [5, 5.41) is 27.7. The quantitative estimate of drug-likeness (QED) is 0.368. The van der Waals surface area contributed by atoms with Gasteiger partial charge in [0.25, 0.3) is 0 Å². The van der Waals surface area contributed by atoms with E-state index in [0.717, 1.165) is 4.90 Å². The second-order valence-electron chi connectivity index (χ2n) is 7.52. The fraction of sp³-hybridized carbons (Fsp3) is 0.737. The summed E-state index contributed by atoms with van der Waals surface area (Å²) >= 11 is 0. The maximum atomic E-state index is 12.1. The molecule has 1 unspecified atom stereocenters. The van der Waals surface area contributed by atoms with Crippen LogP contribution in [0.5, 0.6) is 0 Å². The number of amides is 2. The lowest BCUT2D eigenvalue weighted by Gasteiger charge is -2.34. The van der Waals surface area contributed by atoms with Gasteiger partial charge in [0.2, 0.25) is 11.8 Å². The van der Waals surface area contributed by atoms with Crippen LogP contribution in [-0.2, 0) is 24.0 Å². The van der Waals surface area contributed by atoms with Crippen molar-refractivity contribution in [3.05, 3.63) is 0 Å². The molecule has 31 heavy (non-hydrogen) atoms. The van der Waals surface area contributed by atoms with E-state index in [2.05, 4.69) is 0 Å². The number of carboxylic acids is 3. The normalized spacial score (nSPS) is 19.1. The van der Waals surface area contributed by atoms with Gasteiger partial charge in [-0.3, -0.25) is 43.6 Å². The van der Waals surface area contributed by atoms with E-state index < -0.39 is 29.9 Å². The highest BCUT2D eigenvalue weighted by atomic mass is 16.4. The first-order chi connectivity index (χ1) is 14.5. The average Bonchev–Trinajstić information content (AvgIpc) is 2.72. The Kier molecular flexibility index (Phi) is 11.1. The molecule has 12 nitrogen and oxygen atoms in total. The van der Waals surface area contributed by atoms with Crippen LogP contribution in [0.2, 0.25) is 0 Å². The fourth-order valence-corrected chi connectivity index (χ4v) is 3.62. The minimum Gasteiger partial charge on any atom is -0.480 e. The zero-order chi connectivity index (χ0) is 23.6. The standard InChI is InChI=1S/C19H32N4O8/c1-3-16(25)23(14(2)24)5-4-15-10-21(12-18(28)29)7-6-20(11-17(26)27)8-9-22(15)13-19(30)31/h15H,3-13H2,1-2H3,(H,26,27)(H,28,29)(H,30,31). The zero-order valence-corrected chi connectivity index (χ0v) is 18.0. The summed E-state index contributed by atoms with van der Waals surface area (Å²) in [4.78, 5) is 63.8. The van der Waals surface area contributed by atoms with Gasteiger partial charge in [-0.2, -0.15) is 0 Å². The molecule has 1 rings (SSSR count). The van der Waals surface area contributed by atoms with Crippen molar-refractivity contribution < 1.29 is 39.3 Å². The molecule has 176 valence electrons. The van der Waals surface area contributed by atoms with Crippen LogP contribution < -0.4 is 0 Å². The van der Waals surface area contributed by atoms with E-state index in [1.807, 2.05) is 0 Å². The number of imide groups is 1. The number of rotatable bonds is 10. The lowest BCUT2D eigenvalue weighted by molar-refractivity contribution is -0.144. The van der Waals surface area contributed by atoms with Crippen molar-refractivity contribution in [2.75, 3.05) is 58.9 Å². The molecule has 0 aromatic heterocycles. The van der Waals surface area contributed by atoms with E-state index in [4.69, 9.17) is 5.11 Å². The first-order valence-corrected chi connectivity index (χ1v) is 10.2. The van der Waals surface area contributed by atoms with E-state index in [0.29, 0.717) is 19.6 Å². The van der Waals surface area contributed by atoms with E-state index in [1.54, 1.807) is 21.6 Å². The zero-order valence-electron chi connectivity index (χ0n) is 18.0. The molecule has 0 aliphatic carbocycles. The number of hydrogen-bond donors (Lipinski definition) is 3. The van der Waals surface area contributed by atoms with Gasteiger partial charge in [0.15, 0.2) is 0 Å². The molecule has 0 radical (unpaired) electrons. The van der Waals surface area contributed by atoms with Crippen molar-refractivity contribution in [3.63, 3.8) is 0 Å². The van der Waals surface area contributed by atoms with Gasteiger partial charge in [-0.05, 0) is 6.42 Å². The Bertz CT molecular complexity index is 671. The predicted octanol–water partition coefficient (Wildman–Crippen LogP) is -1.30. The van der Waals surface area contributed by atoms with Gasteiger partial charge in [0.1, 0.15) is 0 Å². The molecular formula is C19H32N4O8. The molecule has 1 atom stereocenters. The molecule has 1 saturated heterocycles. The van der Waals surface area contributed by atoms with E-state index >= 15 is 0 Å². The van der Waals surface area contributed by atoms with Gasteiger partial charge in [0.05, 0.1) is 19.6 Å². The number of aliphatic carboxylic acids is 3.